The van der Waals surface area contributed by atoms with Crippen LogP contribution in [-0.2, 0) is 4.79 Å². The summed E-state index contributed by atoms with van der Waals surface area (Å²) in [5.74, 6) is 6.15. The average molecular weight is 399 g/mol. The predicted molar refractivity (Wildman–Crippen MR) is 111 cm³/mol. The van der Waals surface area contributed by atoms with E-state index < -0.39 is 0 Å². The Morgan fingerprint density at radius 1 is 1.31 bits per heavy atom. The highest BCUT2D eigenvalue weighted by Crippen LogP contribution is 2.42. The van der Waals surface area contributed by atoms with Gasteiger partial charge in [0.05, 0.1) is 25.2 Å². The molecule has 0 spiro atoms. The van der Waals surface area contributed by atoms with Gasteiger partial charge in [0.25, 0.3) is 0 Å². The first-order valence-corrected chi connectivity index (χ1v) is 10.0. The standard InChI is InChI=1S/C22H30N4O3/c1-15(2)23-22(29)25-12-18-21(19(14-27)26(18)20(28)13-25)17-9-7-16(8-10-17)6-5-11-24(3)4/h7-10,15,18-19,21,27H,11-14H2,1-4H3,(H,23,29)/t18-,19-,21-/m0/s1. The van der Waals surface area contributed by atoms with Gasteiger partial charge in [-0.05, 0) is 45.6 Å². The van der Waals surface area contributed by atoms with Gasteiger partial charge in [-0.15, -0.1) is 0 Å². The van der Waals surface area contributed by atoms with Crippen LogP contribution in [0.5, 0.6) is 0 Å². The molecule has 2 N–H and O–H groups in total. The summed E-state index contributed by atoms with van der Waals surface area (Å²) in [6, 6.07) is 7.42. The van der Waals surface area contributed by atoms with Crippen LogP contribution >= 0.6 is 0 Å². The van der Waals surface area contributed by atoms with Crippen LogP contribution in [0.1, 0.15) is 30.9 Å². The predicted octanol–water partition coefficient (Wildman–Crippen LogP) is 0.689. The number of rotatable bonds is 4. The first-order chi connectivity index (χ1) is 13.8. The van der Waals surface area contributed by atoms with Gasteiger partial charge in [-0.2, -0.15) is 0 Å². The van der Waals surface area contributed by atoms with Gasteiger partial charge in [-0.3, -0.25) is 9.69 Å². The maximum atomic E-state index is 12.6. The van der Waals surface area contributed by atoms with E-state index in [9.17, 15) is 14.7 Å². The number of hydrogen-bond acceptors (Lipinski definition) is 4. The summed E-state index contributed by atoms with van der Waals surface area (Å²) in [4.78, 5) is 30.3. The molecule has 1 aromatic carbocycles. The second-order valence-electron chi connectivity index (χ2n) is 8.29. The lowest BCUT2D eigenvalue weighted by molar-refractivity contribution is -0.159. The summed E-state index contributed by atoms with van der Waals surface area (Å²) >= 11 is 0. The van der Waals surface area contributed by atoms with Crippen LogP contribution in [-0.4, -0.2) is 90.2 Å². The molecule has 3 atom stereocenters. The van der Waals surface area contributed by atoms with Crippen LogP contribution < -0.4 is 5.32 Å². The number of amides is 3. The molecule has 0 aromatic heterocycles. The van der Waals surface area contributed by atoms with Gasteiger partial charge in [0.15, 0.2) is 0 Å². The van der Waals surface area contributed by atoms with E-state index in [2.05, 4.69) is 17.2 Å². The highest BCUT2D eigenvalue weighted by Gasteiger charge is 2.54. The largest absolute Gasteiger partial charge is 0.394 e. The Balaban J connectivity index is 1.75. The van der Waals surface area contributed by atoms with Crippen molar-refractivity contribution in [3.8, 4) is 11.8 Å². The van der Waals surface area contributed by atoms with E-state index in [0.29, 0.717) is 13.1 Å². The molecule has 1 aromatic rings. The second kappa shape index (κ2) is 8.85. The summed E-state index contributed by atoms with van der Waals surface area (Å²) in [7, 11) is 3.96. The zero-order chi connectivity index (χ0) is 21.1. The molecule has 2 aliphatic heterocycles. The summed E-state index contributed by atoms with van der Waals surface area (Å²) in [6.07, 6.45) is 0. The van der Waals surface area contributed by atoms with Crippen molar-refractivity contribution in [1.82, 2.24) is 20.0 Å². The molecular weight excluding hydrogens is 368 g/mol. The Morgan fingerprint density at radius 2 is 2.00 bits per heavy atom. The van der Waals surface area contributed by atoms with Crippen molar-refractivity contribution in [3.05, 3.63) is 35.4 Å². The van der Waals surface area contributed by atoms with Crippen LogP contribution in [0.25, 0.3) is 0 Å². The molecule has 0 aliphatic carbocycles. The number of nitrogens with one attached hydrogen (secondary N) is 1. The highest BCUT2D eigenvalue weighted by atomic mass is 16.3. The SMILES string of the molecule is CC(C)NC(=O)N1CC(=O)N2[C@@H](CO)[C@@H](c3ccc(C#CCN(C)C)cc3)[C@@H]2C1. The normalized spacial score (nSPS) is 23.4. The lowest BCUT2D eigenvalue weighted by Crippen LogP contribution is -2.74. The third kappa shape index (κ3) is 4.55. The zero-order valence-electron chi connectivity index (χ0n) is 17.6. The van der Waals surface area contributed by atoms with Crippen molar-refractivity contribution in [2.24, 2.45) is 0 Å². The van der Waals surface area contributed by atoms with Crippen LogP contribution in [0.4, 0.5) is 4.79 Å². The minimum absolute atomic E-state index is 0.00221. The van der Waals surface area contributed by atoms with Crippen molar-refractivity contribution >= 4 is 11.9 Å². The fourth-order valence-electron chi connectivity index (χ4n) is 4.08. The van der Waals surface area contributed by atoms with Crippen LogP contribution in [0, 0.1) is 11.8 Å². The molecule has 3 amide bonds. The molecule has 0 saturated carbocycles. The van der Waals surface area contributed by atoms with Gasteiger partial charge in [0.2, 0.25) is 5.91 Å². The van der Waals surface area contributed by atoms with E-state index in [1.165, 1.54) is 0 Å². The smallest absolute Gasteiger partial charge is 0.318 e. The van der Waals surface area contributed by atoms with Gasteiger partial charge in [-0.25, -0.2) is 4.79 Å². The highest BCUT2D eigenvalue weighted by molar-refractivity contribution is 5.87. The van der Waals surface area contributed by atoms with Crippen molar-refractivity contribution in [2.45, 2.75) is 37.9 Å². The van der Waals surface area contributed by atoms with E-state index in [1.807, 2.05) is 57.1 Å². The molecule has 7 nitrogen and oxygen atoms in total. The van der Waals surface area contributed by atoms with Crippen molar-refractivity contribution in [2.75, 3.05) is 40.3 Å². The number of carbonyl (C=O) groups excluding carboxylic acids is 2. The summed E-state index contributed by atoms with van der Waals surface area (Å²) < 4.78 is 0. The Bertz CT molecular complexity index is 810. The van der Waals surface area contributed by atoms with Gasteiger partial charge in [0, 0.05) is 24.1 Å². The van der Waals surface area contributed by atoms with Gasteiger partial charge in [-0.1, -0.05) is 24.0 Å². The number of piperazine rings is 1. The molecule has 0 unspecified atom stereocenters. The molecule has 7 heteroatoms. The number of nitrogens with zero attached hydrogens (tertiary/aromatic N) is 3. The number of fused-ring (bicyclic) bond motifs is 1. The van der Waals surface area contributed by atoms with Gasteiger partial charge >= 0.3 is 6.03 Å². The second-order valence-corrected chi connectivity index (χ2v) is 8.29. The third-order valence-electron chi connectivity index (χ3n) is 5.38. The van der Waals surface area contributed by atoms with E-state index in [1.54, 1.807) is 9.80 Å². The maximum Gasteiger partial charge on any atom is 0.318 e. The van der Waals surface area contributed by atoms with Crippen molar-refractivity contribution in [3.63, 3.8) is 0 Å². The summed E-state index contributed by atoms with van der Waals surface area (Å²) in [5, 5.41) is 12.7. The number of urea groups is 1. The molecule has 2 saturated heterocycles. The lowest BCUT2D eigenvalue weighted by atomic mass is 9.73. The number of carbonyl (C=O) groups is 2. The number of aliphatic hydroxyl groups is 1. The third-order valence-corrected chi connectivity index (χ3v) is 5.38. The molecule has 2 heterocycles. The van der Waals surface area contributed by atoms with Crippen molar-refractivity contribution in [1.29, 1.82) is 0 Å². The van der Waals surface area contributed by atoms with Gasteiger partial charge in [0.1, 0.15) is 6.54 Å². The lowest BCUT2D eigenvalue weighted by Gasteiger charge is -2.58. The average Bonchev–Trinajstić information content (AvgIpc) is 2.63. The van der Waals surface area contributed by atoms with E-state index in [-0.39, 0.29) is 49.1 Å². The first kappa shape index (κ1) is 21.2. The van der Waals surface area contributed by atoms with E-state index in [4.69, 9.17) is 0 Å². The summed E-state index contributed by atoms with van der Waals surface area (Å²) in [6.45, 7) is 4.92. The first-order valence-electron chi connectivity index (χ1n) is 10.0. The summed E-state index contributed by atoms with van der Waals surface area (Å²) in [5.41, 5.74) is 1.99. The quantitative estimate of drug-likeness (QED) is 0.732. The van der Waals surface area contributed by atoms with Gasteiger partial charge < -0.3 is 20.2 Å². The fraction of sp³-hybridized carbons (Fsp3) is 0.545. The molecule has 2 fully saturated rings. The molecule has 0 radical (unpaired) electrons. The number of benzene rings is 1. The zero-order valence-corrected chi connectivity index (χ0v) is 17.6. The molecule has 0 bridgehead atoms. The van der Waals surface area contributed by atoms with E-state index >= 15 is 0 Å². The Labute approximate surface area is 172 Å². The van der Waals surface area contributed by atoms with Crippen LogP contribution in [0.15, 0.2) is 24.3 Å². The molecule has 156 valence electrons. The Morgan fingerprint density at radius 3 is 2.59 bits per heavy atom. The monoisotopic (exact) mass is 398 g/mol. The van der Waals surface area contributed by atoms with Crippen LogP contribution in [0.2, 0.25) is 0 Å². The fourth-order valence-corrected chi connectivity index (χ4v) is 4.08. The minimum atomic E-state index is -0.242. The number of aliphatic hydroxyl groups excluding tert-OH is 1. The van der Waals surface area contributed by atoms with Crippen LogP contribution in [0.3, 0.4) is 0 Å². The molecule has 3 rings (SSSR count). The molecule has 2 aliphatic rings. The van der Waals surface area contributed by atoms with E-state index in [0.717, 1.165) is 11.1 Å². The molecular formula is C22H30N4O3. The topological polar surface area (TPSA) is 76.1 Å². The minimum Gasteiger partial charge on any atom is -0.394 e. The molecule has 29 heavy (non-hydrogen) atoms. The van der Waals surface area contributed by atoms with Crippen molar-refractivity contribution < 1.29 is 14.7 Å². The Kier molecular flexibility index (Phi) is 6.46. The Hall–Kier alpha value is -2.56. The number of hydrogen-bond donors (Lipinski definition) is 2. The maximum absolute atomic E-state index is 12.6.